The molecule has 2 heterocycles. The van der Waals surface area contributed by atoms with Crippen LogP contribution in [0.2, 0.25) is 5.15 Å². The standard InChI is InChI=1S/C20H27ClN4O/c1-3-17-18(19(21)24(2)23-17)20(26)22-13-16-10-12-25(14-16)11-9-15-7-5-4-6-8-15/h4-8,16H,3,9-14H2,1-2H3,(H,22,26). The summed E-state index contributed by atoms with van der Waals surface area (Å²) in [5.74, 6) is 0.387. The van der Waals surface area contributed by atoms with Gasteiger partial charge >= 0.3 is 0 Å². The summed E-state index contributed by atoms with van der Waals surface area (Å²) in [7, 11) is 1.76. The average Bonchev–Trinajstić information content (AvgIpc) is 3.23. The lowest BCUT2D eigenvalue weighted by molar-refractivity contribution is 0.0946. The second-order valence-electron chi connectivity index (χ2n) is 6.99. The Hall–Kier alpha value is -1.85. The normalized spacial score (nSPS) is 17.6. The van der Waals surface area contributed by atoms with Crippen molar-refractivity contribution in [3.63, 3.8) is 0 Å². The maximum atomic E-state index is 12.5. The quantitative estimate of drug-likeness (QED) is 0.810. The number of hydrogen-bond donors (Lipinski definition) is 1. The Morgan fingerprint density at radius 1 is 1.35 bits per heavy atom. The third kappa shape index (κ3) is 4.46. The molecule has 1 unspecified atom stereocenters. The highest BCUT2D eigenvalue weighted by Gasteiger charge is 2.25. The largest absolute Gasteiger partial charge is 0.352 e. The SMILES string of the molecule is CCc1nn(C)c(Cl)c1C(=O)NCC1CCN(CCc2ccccc2)C1. The van der Waals surface area contributed by atoms with Crippen LogP contribution < -0.4 is 5.32 Å². The predicted molar refractivity (Wildman–Crippen MR) is 105 cm³/mol. The minimum atomic E-state index is -0.109. The highest BCUT2D eigenvalue weighted by atomic mass is 35.5. The van der Waals surface area contributed by atoms with Gasteiger partial charge in [0.2, 0.25) is 0 Å². The summed E-state index contributed by atoms with van der Waals surface area (Å²) in [4.78, 5) is 15.0. The Morgan fingerprint density at radius 3 is 2.85 bits per heavy atom. The van der Waals surface area contributed by atoms with Gasteiger partial charge in [0.05, 0.1) is 11.3 Å². The third-order valence-corrected chi connectivity index (χ3v) is 5.53. The molecule has 1 fully saturated rings. The molecule has 1 aliphatic rings. The number of benzene rings is 1. The van der Waals surface area contributed by atoms with Crippen molar-refractivity contribution in [2.45, 2.75) is 26.2 Å². The molecule has 140 valence electrons. The third-order valence-electron chi connectivity index (χ3n) is 5.09. The maximum absolute atomic E-state index is 12.5. The second-order valence-corrected chi connectivity index (χ2v) is 7.35. The summed E-state index contributed by atoms with van der Waals surface area (Å²) in [5, 5.41) is 7.78. The van der Waals surface area contributed by atoms with Gasteiger partial charge in [-0.2, -0.15) is 5.10 Å². The molecule has 5 nitrogen and oxygen atoms in total. The van der Waals surface area contributed by atoms with Gasteiger partial charge in [-0.3, -0.25) is 9.48 Å². The van der Waals surface area contributed by atoms with Crippen molar-refractivity contribution in [2.24, 2.45) is 13.0 Å². The van der Waals surface area contributed by atoms with E-state index < -0.39 is 0 Å². The fourth-order valence-electron chi connectivity index (χ4n) is 3.57. The highest BCUT2D eigenvalue weighted by molar-refractivity contribution is 6.33. The monoisotopic (exact) mass is 374 g/mol. The number of likely N-dealkylation sites (tertiary alicyclic amines) is 1. The Bertz CT molecular complexity index is 744. The number of halogens is 1. The van der Waals surface area contributed by atoms with Gasteiger partial charge in [-0.1, -0.05) is 48.9 Å². The average molecular weight is 375 g/mol. The van der Waals surface area contributed by atoms with E-state index >= 15 is 0 Å². The van der Waals surface area contributed by atoms with E-state index in [4.69, 9.17) is 11.6 Å². The van der Waals surface area contributed by atoms with Crippen LogP contribution in [0.4, 0.5) is 0 Å². The van der Waals surface area contributed by atoms with E-state index in [2.05, 4.69) is 45.6 Å². The topological polar surface area (TPSA) is 50.2 Å². The lowest BCUT2D eigenvalue weighted by atomic mass is 10.1. The zero-order valence-electron chi connectivity index (χ0n) is 15.5. The number of amides is 1. The van der Waals surface area contributed by atoms with Crippen molar-refractivity contribution in [1.29, 1.82) is 0 Å². The van der Waals surface area contributed by atoms with E-state index in [0.29, 0.717) is 29.6 Å². The Balaban J connectivity index is 1.46. The first-order valence-corrected chi connectivity index (χ1v) is 9.72. The number of hydrogen-bond acceptors (Lipinski definition) is 3. The first-order chi connectivity index (χ1) is 12.6. The molecule has 3 rings (SSSR count). The summed E-state index contributed by atoms with van der Waals surface area (Å²) in [6.45, 7) is 5.88. The summed E-state index contributed by atoms with van der Waals surface area (Å²) in [6.07, 6.45) is 2.89. The first kappa shape index (κ1) is 18.9. The van der Waals surface area contributed by atoms with Crippen molar-refractivity contribution in [1.82, 2.24) is 20.0 Å². The molecule has 0 aliphatic carbocycles. The van der Waals surface area contributed by atoms with Crippen LogP contribution in [0.1, 0.15) is 35.0 Å². The van der Waals surface area contributed by atoms with Crippen molar-refractivity contribution in [3.05, 3.63) is 52.3 Å². The van der Waals surface area contributed by atoms with Gasteiger partial charge in [-0.25, -0.2) is 0 Å². The van der Waals surface area contributed by atoms with Crippen molar-refractivity contribution in [3.8, 4) is 0 Å². The number of nitrogens with zero attached hydrogens (tertiary/aromatic N) is 3. The van der Waals surface area contributed by atoms with Crippen molar-refractivity contribution < 1.29 is 4.79 Å². The molecule has 0 saturated carbocycles. The molecule has 0 radical (unpaired) electrons. The smallest absolute Gasteiger partial charge is 0.256 e. The Kier molecular flexibility index (Phi) is 6.33. The van der Waals surface area contributed by atoms with E-state index in [1.807, 2.05) is 6.92 Å². The fourth-order valence-corrected chi connectivity index (χ4v) is 3.80. The van der Waals surface area contributed by atoms with Gasteiger partial charge in [-0.15, -0.1) is 0 Å². The predicted octanol–water partition coefficient (Wildman–Crippen LogP) is 2.93. The molecule has 1 N–H and O–H groups in total. The lowest BCUT2D eigenvalue weighted by Gasteiger charge is -2.16. The molecule has 26 heavy (non-hydrogen) atoms. The van der Waals surface area contributed by atoms with Crippen LogP contribution in [0.15, 0.2) is 30.3 Å². The lowest BCUT2D eigenvalue weighted by Crippen LogP contribution is -2.32. The summed E-state index contributed by atoms with van der Waals surface area (Å²) < 4.78 is 1.57. The number of aryl methyl sites for hydroxylation is 2. The van der Waals surface area contributed by atoms with Gasteiger partial charge in [0, 0.05) is 26.7 Å². The van der Waals surface area contributed by atoms with Gasteiger partial charge in [0.15, 0.2) is 0 Å². The minimum absolute atomic E-state index is 0.109. The molecule has 1 aromatic heterocycles. The summed E-state index contributed by atoms with van der Waals surface area (Å²) >= 11 is 6.24. The van der Waals surface area contributed by atoms with Gasteiger partial charge in [0.1, 0.15) is 5.15 Å². The highest BCUT2D eigenvalue weighted by Crippen LogP contribution is 2.20. The molecule has 1 aromatic carbocycles. The second kappa shape index (κ2) is 8.69. The zero-order chi connectivity index (χ0) is 18.5. The Morgan fingerprint density at radius 2 is 2.12 bits per heavy atom. The number of nitrogens with one attached hydrogen (secondary N) is 1. The Labute approximate surface area is 160 Å². The maximum Gasteiger partial charge on any atom is 0.256 e. The first-order valence-electron chi connectivity index (χ1n) is 9.34. The molecule has 0 bridgehead atoms. The molecule has 1 atom stereocenters. The fraction of sp³-hybridized carbons (Fsp3) is 0.500. The number of carbonyl (C=O) groups is 1. The molecular weight excluding hydrogens is 348 g/mol. The van der Waals surface area contributed by atoms with Crippen LogP contribution in [0, 0.1) is 5.92 Å². The van der Waals surface area contributed by atoms with Crippen LogP contribution in [0.25, 0.3) is 0 Å². The van der Waals surface area contributed by atoms with Crippen molar-refractivity contribution >= 4 is 17.5 Å². The van der Waals surface area contributed by atoms with Gasteiger partial charge < -0.3 is 10.2 Å². The summed E-state index contributed by atoms with van der Waals surface area (Å²) in [6, 6.07) is 10.6. The molecule has 1 aliphatic heterocycles. The van der Waals surface area contributed by atoms with E-state index in [9.17, 15) is 4.79 Å². The van der Waals surface area contributed by atoms with Crippen LogP contribution in [0.5, 0.6) is 0 Å². The van der Waals surface area contributed by atoms with Gasteiger partial charge in [-0.05, 0) is 37.3 Å². The van der Waals surface area contributed by atoms with E-state index in [1.165, 1.54) is 5.56 Å². The molecule has 6 heteroatoms. The van der Waals surface area contributed by atoms with Crippen molar-refractivity contribution in [2.75, 3.05) is 26.2 Å². The number of aromatic nitrogens is 2. The van der Waals surface area contributed by atoms with Crippen LogP contribution in [0.3, 0.4) is 0 Å². The molecule has 1 amide bonds. The van der Waals surface area contributed by atoms with Crippen LogP contribution in [-0.4, -0.2) is 46.8 Å². The molecular formula is C20H27ClN4O. The van der Waals surface area contributed by atoms with Crippen LogP contribution >= 0.6 is 11.6 Å². The molecule has 0 spiro atoms. The van der Waals surface area contributed by atoms with Gasteiger partial charge in [0.25, 0.3) is 5.91 Å². The molecule has 2 aromatic rings. The molecule has 1 saturated heterocycles. The summed E-state index contributed by atoms with van der Waals surface area (Å²) in [5.41, 5.74) is 2.66. The van der Waals surface area contributed by atoms with E-state index in [0.717, 1.165) is 38.2 Å². The zero-order valence-corrected chi connectivity index (χ0v) is 16.3. The van der Waals surface area contributed by atoms with E-state index in [1.54, 1.807) is 11.7 Å². The number of carbonyl (C=O) groups excluding carboxylic acids is 1. The van der Waals surface area contributed by atoms with Crippen LogP contribution in [-0.2, 0) is 19.9 Å². The minimum Gasteiger partial charge on any atom is -0.352 e. The number of rotatable bonds is 7. The van der Waals surface area contributed by atoms with E-state index in [-0.39, 0.29) is 5.91 Å².